The van der Waals surface area contributed by atoms with Gasteiger partial charge >= 0.3 is 0 Å². The largest absolute Gasteiger partial charge is 0.501 e. The molecule has 1 heterocycles. The van der Waals surface area contributed by atoms with Crippen molar-refractivity contribution in [2.45, 2.75) is 25.8 Å². The number of ether oxygens (including phenoxy) is 1. The highest BCUT2D eigenvalue weighted by Gasteiger charge is 2.19. The molecule has 104 valence electrons. The van der Waals surface area contributed by atoms with E-state index in [9.17, 15) is 0 Å². The quantitative estimate of drug-likeness (QED) is 0.897. The van der Waals surface area contributed by atoms with Gasteiger partial charge in [0.25, 0.3) is 0 Å². The Hall–Kier alpha value is -1.80. The molecule has 0 spiro atoms. The third kappa shape index (κ3) is 2.56. The van der Waals surface area contributed by atoms with Gasteiger partial charge in [-0.05, 0) is 41.3 Å². The highest BCUT2D eigenvalue weighted by Crippen LogP contribution is 2.32. The van der Waals surface area contributed by atoms with Gasteiger partial charge in [0.2, 0.25) is 0 Å². The summed E-state index contributed by atoms with van der Waals surface area (Å²) in [7, 11) is 0. The molecule has 20 heavy (non-hydrogen) atoms. The average Bonchev–Trinajstić information content (AvgIpc) is 2.53. The van der Waals surface area contributed by atoms with E-state index >= 15 is 0 Å². The number of rotatable bonds is 4. The molecule has 3 rings (SSSR count). The first kappa shape index (κ1) is 13.2. The normalized spacial score (nSPS) is 16.6. The second-order valence-corrected chi connectivity index (χ2v) is 5.23. The fraction of sp³-hybridized carbons (Fsp3) is 0.333. The molecule has 0 saturated carbocycles. The van der Waals surface area contributed by atoms with E-state index in [-0.39, 0.29) is 6.04 Å². The van der Waals surface area contributed by atoms with Gasteiger partial charge in [-0.25, -0.2) is 0 Å². The SMILES string of the molecule is CCNC(C1=COCCC1)c1cccc2ccccc12. The summed E-state index contributed by atoms with van der Waals surface area (Å²) in [6.45, 7) is 3.95. The van der Waals surface area contributed by atoms with Crippen LogP contribution in [0, 0.1) is 0 Å². The minimum absolute atomic E-state index is 0.256. The van der Waals surface area contributed by atoms with Crippen LogP contribution in [0.4, 0.5) is 0 Å². The summed E-state index contributed by atoms with van der Waals surface area (Å²) in [6.07, 6.45) is 4.18. The summed E-state index contributed by atoms with van der Waals surface area (Å²) < 4.78 is 5.54. The number of fused-ring (bicyclic) bond motifs is 1. The first-order chi connectivity index (χ1) is 9.90. The summed E-state index contributed by atoms with van der Waals surface area (Å²) in [5.41, 5.74) is 2.70. The van der Waals surface area contributed by atoms with Gasteiger partial charge in [0.05, 0.1) is 18.9 Å². The molecule has 0 amide bonds. The predicted octanol–water partition coefficient (Wildman–Crippen LogP) is 4.18. The van der Waals surface area contributed by atoms with Crippen LogP contribution in [0.1, 0.15) is 31.4 Å². The lowest BCUT2D eigenvalue weighted by Gasteiger charge is -2.25. The topological polar surface area (TPSA) is 21.3 Å². The van der Waals surface area contributed by atoms with Gasteiger partial charge in [0, 0.05) is 0 Å². The van der Waals surface area contributed by atoms with Gasteiger partial charge < -0.3 is 10.1 Å². The van der Waals surface area contributed by atoms with Crippen LogP contribution in [0.2, 0.25) is 0 Å². The Morgan fingerprint density at radius 3 is 2.80 bits per heavy atom. The van der Waals surface area contributed by atoms with Crippen molar-refractivity contribution in [3.8, 4) is 0 Å². The van der Waals surface area contributed by atoms with Gasteiger partial charge in [-0.3, -0.25) is 0 Å². The third-order valence-corrected chi connectivity index (χ3v) is 3.88. The lowest BCUT2D eigenvalue weighted by Crippen LogP contribution is -2.24. The summed E-state index contributed by atoms with van der Waals surface area (Å²) in [6, 6.07) is 15.4. The van der Waals surface area contributed by atoms with Crippen LogP contribution in [0.5, 0.6) is 0 Å². The first-order valence-corrected chi connectivity index (χ1v) is 7.41. The van der Waals surface area contributed by atoms with E-state index in [1.54, 1.807) is 0 Å². The monoisotopic (exact) mass is 267 g/mol. The summed E-state index contributed by atoms with van der Waals surface area (Å²) in [5.74, 6) is 0. The zero-order chi connectivity index (χ0) is 13.8. The third-order valence-electron chi connectivity index (χ3n) is 3.88. The number of hydrogen-bond acceptors (Lipinski definition) is 2. The van der Waals surface area contributed by atoms with Crippen LogP contribution >= 0.6 is 0 Å². The summed E-state index contributed by atoms with van der Waals surface area (Å²) >= 11 is 0. The Morgan fingerprint density at radius 2 is 2.00 bits per heavy atom. The Labute approximate surface area is 120 Å². The van der Waals surface area contributed by atoms with Crippen LogP contribution in [-0.2, 0) is 4.74 Å². The zero-order valence-electron chi connectivity index (χ0n) is 11.9. The van der Waals surface area contributed by atoms with Crippen molar-refractivity contribution in [2.24, 2.45) is 0 Å². The first-order valence-electron chi connectivity index (χ1n) is 7.41. The van der Waals surface area contributed by atoms with E-state index in [4.69, 9.17) is 4.74 Å². The number of likely N-dealkylation sites (N-methyl/N-ethyl adjacent to an activating group) is 1. The van der Waals surface area contributed by atoms with E-state index in [1.807, 2.05) is 6.26 Å². The molecule has 0 fully saturated rings. The molecule has 1 N–H and O–H groups in total. The molecular weight excluding hydrogens is 246 g/mol. The van der Waals surface area contributed by atoms with Crippen LogP contribution in [0.25, 0.3) is 10.8 Å². The molecule has 1 atom stereocenters. The van der Waals surface area contributed by atoms with Gasteiger partial charge in [-0.15, -0.1) is 0 Å². The molecule has 2 nitrogen and oxygen atoms in total. The molecule has 0 saturated heterocycles. The van der Waals surface area contributed by atoms with E-state index in [0.29, 0.717) is 0 Å². The van der Waals surface area contributed by atoms with Crippen molar-refractivity contribution in [2.75, 3.05) is 13.2 Å². The molecule has 1 unspecified atom stereocenters. The lowest BCUT2D eigenvalue weighted by atomic mass is 9.91. The Bertz CT molecular complexity index is 612. The molecule has 0 aliphatic carbocycles. The summed E-state index contributed by atoms with van der Waals surface area (Å²) in [4.78, 5) is 0. The second-order valence-electron chi connectivity index (χ2n) is 5.23. The molecule has 0 radical (unpaired) electrons. The molecule has 1 aliphatic heterocycles. The maximum atomic E-state index is 5.54. The van der Waals surface area contributed by atoms with Gasteiger partial charge in [0.1, 0.15) is 0 Å². The van der Waals surface area contributed by atoms with Crippen LogP contribution in [-0.4, -0.2) is 13.2 Å². The van der Waals surface area contributed by atoms with Crippen LogP contribution < -0.4 is 5.32 Å². The molecule has 1 aliphatic rings. The van der Waals surface area contributed by atoms with Gasteiger partial charge in [-0.2, -0.15) is 0 Å². The van der Waals surface area contributed by atoms with E-state index in [2.05, 4.69) is 54.7 Å². The minimum Gasteiger partial charge on any atom is -0.501 e. The molecule has 2 heteroatoms. The fourth-order valence-electron chi connectivity index (χ4n) is 2.94. The van der Waals surface area contributed by atoms with Crippen molar-refractivity contribution in [1.29, 1.82) is 0 Å². The molecular formula is C18H21NO. The molecule has 0 aromatic heterocycles. The van der Waals surface area contributed by atoms with Crippen LogP contribution in [0.15, 0.2) is 54.3 Å². The highest BCUT2D eigenvalue weighted by molar-refractivity contribution is 5.86. The number of benzene rings is 2. The lowest BCUT2D eigenvalue weighted by molar-refractivity contribution is 0.219. The zero-order valence-corrected chi connectivity index (χ0v) is 11.9. The van der Waals surface area contributed by atoms with Crippen LogP contribution in [0.3, 0.4) is 0 Å². The Morgan fingerprint density at radius 1 is 1.15 bits per heavy atom. The van der Waals surface area contributed by atoms with E-state index < -0.39 is 0 Å². The highest BCUT2D eigenvalue weighted by atomic mass is 16.5. The van der Waals surface area contributed by atoms with Crippen molar-refractivity contribution in [3.63, 3.8) is 0 Å². The Kier molecular flexibility index (Phi) is 4.03. The average molecular weight is 267 g/mol. The fourth-order valence-corrected chi connectivity index (χ4v) is 2.94. The minimum atomic E-state index is 0.256. The molecule has 2 aromatic carbocycles. The van der Waals surface area contributed by atoms with Crippen molar-refractivity contribution in [1.82, 2.24) is 5.32 Å². The standard InChI is InChI=1S/C18H21NO/c1-2-19-18(15-9-6-12-20-13-15)17-11-5-8-14-7-3-4-10-16(14)17/h3-5,7-8,10-11,13,18-19H,2,6,9,12H2,1H3. The Balaban J connectivity index is 2.07. The van der Waals surface area contributed by atoms with Gasteiger partial charge in [-0.1, -0.05) is 49.4 Å². The molecule has 2 aromatic rings. The summed E-state index contributed by atoms with van der Waals surface area (Å²) in [5, 5.41) is 6.24. The van der Waals surface area contributed by atoms with Crippen molar-refractivity contribution < 1.29 is 4.74 Å². The number of nitrogens with one attached hydrogen (secondary N) is 1. The van der Waals surface area contributed by atoms with Gasteiger partial charge in [0.15, 0.2) is 0 Å². The van der Waals surface area contributed by atoms with E-state index in [0.717, 1.165) is 26.0 Å². The predicted molar refractivity (Wildman–Crippen MR) is 83.6 cm³/mol. The van der Waals surface area contributed by atoms with E-state index in [1.165, 1.54) is 21.9 Å². The smallest absolute Gasteiger partial charge is 0.0876 e. The maximum absolute atomic E-state index is 5.54. The molecule has 0 bridgehead atoms. The second kappa shape index (κ2) is 6.10. The maximum Gasteiger partial charge on any atom is 0.0876 e. The van der Waals surface area contributed by atoms with Crippen molar-refractivity contribution in [3.05, 3.63) is 59.9 Å². The number of hydrogen-bond donors (Lipinski definition) is 1. The van der Waals surface area contributed by atoms with Crippen molar-refractivity contribution >= 4 is 10.8 Å².